The molecule has 0 spiro atoms. The highest BCUT2D eigenvalue weighted by atomic mass is 79.9. The molecule has 0 amide bonds. The Morgan fingerprint density at radius 3 is 2.00 bits per heavy atom. The van der Waals surface area contributed by atoms with Crippen LogP contribution in [0, 0.1) is 27.7 Å². The summed E-state index contributed by atoms with van der Waals surface area (Å²) in [6, 6.07) is 5.62. The Kier molecular flexibility index (Phi) is 4.27. The quantitative estimate of drug-likeness (QED) is 0.857. The molecule has 0 aliphatic heterocycles. The molecule has 0 saturated carbocycles. The Morgan fingerprint density at radius 1 is 1.00 bits per heavy atom. The van der Waals surface area contributed by atoms with Crippen LogP contribution in [-0.4, -0.2) is 8.42 Å². The highest BCUT2D eigenvalue weighted by Crippen LogP contribution is 2.32. The molecule has 2 rings (SSSR count). The van der Waals surface area contributed by atoms with Crippen LogP contribution in [0.5, 0.6) is 0 Å². The normalized spacial score (nSPS) is 11.7. The lowest BCUT2D eigenvalue weighted by molar-refractivity contribution is 0.603. The van der Waals surface area contributed by atoms with E-state index in [-0.39, 0.29) is 0 Å². The number of thiophene rings is 1. The lowest BCUT2D eigenvalue weighted by atomic mass is 10.1. The summed E-state index contributed by atoms with van der Waals surface area (Å²) < 4.78 is 28.7. The van der Waals surface area contributed by atoms with Crippen LogP contribution in [0.4, 0.5) is 5.69 Å². The second-order valence-corrected chi connectivity index (χ2v) is 9.18. The fourth-order valence-electron chi connectivity index (χ4n) is 2.09. The lowest BCUT2D eigenvalue weighted by Crippen LogP contribution is -2.13. The number of hydrogen-bond acceptors (Lipinski definition) is 3. The van der Waals surface area contributed by atoms with Gasteiger partial charge in [0.15, 0.2) is 0 Å². The van der Waals surface area contributed by atoms with Crippen molar-refractivity contribution in [3.8, 4) is 0 Å². The van der Waals surface area contributed by atoms with Gasteiger partial charge in [-0.3, -0.25) is 4.72 Å². The van der Waals surface area contributed by atoms with Crippen LogP contribution in [0.1, 0.15) is 22.3 Å². The van der Waals surface area contributed by atoms with Crippen LogP contribution in [0.15, 0.2) is 26.2 Å². The van der Waals surface area contributed by atoms with Crippen LogP contribution in [0.2, 0.25) is 0 Å². The van der Waals surface area contributed by atoms with Crippen LogP contribution < -0.4 is 4.72 Å². The van der Waals surface area contributed by atoms with Crippen LogP contribution in [0.3, 0.4) is 0 Å². The Bertz CT molecular complexity index is 721. The van der Waals surface area contributed by atoms with Gasteiger partial charge in [0, 0.05) is 0 Å². The zero-order valence-corrected chi connectivity index (χ0v) is 15.0. The molecule has 0 unspecified atom stereocenters. The zero-order chi connectivity index (χ0) is 15.1. The predicted molar refractivity (Wildman–Crippen MR) is 88.2 cm³/mol. The summed E-state index contributed by atoms with van der Waals surface area (Å²) in [7, 11) is -3.53. The van der Waals surface area contributed by atoms with Crippen molar-refractivity contribution in [3.63, 3.8) is 0 Å². The fourth-order valence-corrected chi connectivity index (χ4v) is 5.52. The van der Waals surface area contributed by atoms with Crippen LogP contribution >= 0.6 is 27.3 Å². The van der Waals surface area contributed by atoms with Crippen molar-refractivity contribution in [1.29, 1.82) is 0 Å². The molecule has 0 radical (unpaired) electrons. The largest absolute Gasteiger partial charge is 0.278 e. The molecule has 1 heterocycles. The third-order valence-electron chi connectivity index (χ3n) is 3.01. The van der Waals surface area contributed by atoms with Gasteiger partial charge < -0.3 is 0 Å². The highest BCUT2D eigenvalue weighted by molar-refractivity contribution is 9.11. The van der Waals surface area contributed by atoms with E-state index in [2.05, 4.69) is 20.7 Å². The first-order chi connectivity index (χ1) is 9.20. The third-order valence-corrected chi connectivity index (χ3v) is 6.97. The molecular weight excluding hydrogens is 358 g/mol. The predicted octanol–water partition coefficient (Wildman–Crippen LogP) is 4.55. The van der Waals surface area contributed by atoms with Gasteiger partial charge in [-0.1, -0.05) is 17.7 Å². The van der Waals surface area contributed by atoms with Gasteiger partial charge in [0.05, 0.1) is 9.47 Å². The monoisotopic (exact) mass is 373 g/mol. The van der Waals surface area contributed by atoms with Gasteiger partial charge in [-0.15, -0.1) is 11.3 Å². The maximum Gasteiger partial charge on any atom is 0.271 e. The van der Waals surface area contributed by atoms with Gasteiger partial charge in [-0.2, -0.15) is 0 Å². The molecule has 3 nitrogen and oxygen atoms in total. The second-order valence-electron chi connectivity index (χ2n) is 4.90. The van der Waals surface area contributed by atoms with Gasteiger partial charge in [-0.25, -0.2) is 8.42 Å². The van der Waals surface area contributed by atoms with Crippen LogP contribution in [-0.2, 0) is 10.0 Å². The van der Waals surface area contributed by atoms with E-state index in [0.29, 0.717) is 9.90 Å². The smallest absolute Gasteiger partial charge is 0.271 e. The van der Waals surface area contributed by atoms with Gasteiger partial charge in [0.1, 0.15) is 4.21 Å². The van der Waals surface area contributed by atoms with Gasteiger partial charge >= 0.3 is 0 Å². The Balaban J connectivity index is 2.43. The molecule has 0 fully saturated rings. The molecule has 0 saturated heterocycles. The number of benzene rings is 1. The number of nitrogens with one attached hydrogen (secondary N) is 1. The Hall–Kier alpha value is -0.850. The van der Waals surface area contributed by atoms with E-state index in [4.69, 9.17) is 0 Å². The second kappa shape index (κ2) is 5.50. The SMILES string of the molecule is Cc1cc(C)c(NS(=O)(=O)c2cc(C)c(Br)s2)c(C)c1. The minimum absolute atomic E-state index is 0.321. The van der Waals surface area contributed by atoms with Crippen molar-refractivity contribution in [3.05, 3.63) is 44.2 Å². The minimum Gasteiger partial charge on any atom is -0.278 e. The average molecular weight is 374 g/mol. The van der Waals surface area contributed by atoms with E-state index in [1.807, 2.05) is 39.8 Å². The molecule has 1 aromatic heterocycles. The number of hydrogen-bond donors (Lipinski definition) is 1. The third kappa shape index (κ3) is 3.07. The van der Waals surface area contributed by atoms with Crippen molar-refractivity contribution in [2.24, 2.45) is 0 Å². The van der Waals surface area contributed by atoms with Gasteiger partial charge in [0.2, 0.25) is 0 Å². The summed E-state index contributed by atoms with van der Waals surface area (Å²) in [6.07, 6.45) is 0. The molecule has 1 aromatic carbocycles. The molecule has 108 valence electrons. The molecule has 1 N–H and O–H groups in total. The van der Waals surface area contributed by atoms with Crippen molar-refractivity contribution >= 4 is 43.0 Å². The van der Waals surface area contributed by atoms with Gasteiger partial charge in [-0.05, 0) is 66.4 Å². The van der Waals surface area contributed by atoms with Crippen molar-refractivity contribution in [2.75, 3.05) is 4.72 Å². The van der Waals surface area contributed by atoms with Crippen LogP contribution in [0.25, 0.3) is 0 Å². The zero-order valence-electron chi connectivity index (χ0n) is 11.7. The summed E-state index contributed by atoms with van der Waals surface area (Å²) in [5.74, 6) is 0. The number of rotatable bonds is 3. The first kappa shape index (κ1) is 15.5. The highest BCUT2D eigenvalue weighted by Gasteiger charge is 2.20. The molecule has 0 aliphatic rings. The molecular formula is C14H16BrNO2S2. The topological polar surface area (TPSA) is 46.2 Å². The average Bonchev–Trinajstić information content (AvgIpc) is 2.65. The summed E-state index contributed by atoms with van der Waals surface area (Å²) >= 11 is 4.58. The summed E-state index contributed by atoms with van der Waals surface area (Å²) in [5.41, 5.74) is 4.57. The van der Waals surface area contributed by atoms with E-state index < -0.39 is 10.0 Å². The first-order valence-corrected chi connectivity index (χ1v) is 9.16. The molecule has 6 heteroatoms. The van der Waals surface area contributed by atoms with E-state index >= 15 is 0 Å². The number of halogens is 1. The van der Waals surface area contributed by atoms with E-state index in [9.17, 15) is 8.42 Å². The van der Waals surface area contributed by atoms with E-state index in [1.54, 1.807) is 6.07 Å². The first-order valence-electron chi connectivity index (χ1n) is 6.07. The van der Waals surface area contributed by atoms with Gasteiger partial charge in [0.25, 0.3) is 10.0 Å². The maximum absolute atomic E-state index is 12.4. The Labute approximate surface area is 132 Å². The molecule has 20 heavy (non-hydrogen) atoms. The van der Waals surface area contributed by atoms with E-state index in [1.165, 1.54) is 11.3 Å². The summed E-state index contributed by atoms with van der Waals surface area (Å²) in [4.78, 5) is 0. The fraction of sp³-hybridized carbons (Fsp3) is 0.286. The summed E-state index contributed by atoms with van der Waals surface area (Å²) in [6.45, 7) is 7.70. The molecule has 0 aliphatic carbocycles. The maximum atomic E-state index is 12.4. The van der Waals surface area contributed by atoms with Crippen molar-refractivity contribution < 1.29 is 8.42 Å². The molecule has 2 aromatic rings. The lowest BCUT2D eigenvalue weighted by Gasteiger charge is -2.13. The van der Waals surface area contributed by atoms with E-state index in [0.717, 1.165) is 26.0 Å². The Morgan fingerprint density at radius 2 is 1.55 bits per heavy atom. The number of anilines is 1. The molecule has 0 atom stereocenters. The number of aryl methyl sites for hydroxylation is 4. The van der Waals surface area contributed by atoms with Crippen molar-refractivity contribution in [1.82, 2.24) is 0 Å². The van der Waals surface area contributed by atoms with Crippen molar-refractivity contribution in [2.45, 2.75) is 31.9 Å². The molecule has 0 bridgehead atoms. The summed E-state index contributed by atoms with van der Waals surface area (Å²) in [5, 5.41) is 0. The minimum atomic E-state index is -3.53. The number of sulfonamides is 1. The standard InChI is InChI=1S/C14H16BrNO2S2/c1-8-5-9(2)13(10(3)6-8)16-20(17,18)12-7-11(4)14(15)19-12/h5-7,16H,1-4H3.